The monoisotopic (exact) mass is 436 g/mol. The molecule has 168 valence electrons. The van der Waals surface area contributed by atoms with Gasteiger partial charge in [0.2, 0.25) is 0 Å². The van der Waals surface area contributed by atoms with Crippen LogP contribution >= 0.6 is 0 Å². The van der Waals surface area contributed by atoms with Gasteiger partial charge in [-0.15, -0.1) is 0 Å². The van der Waals surface area contributed by atoms with Crippen molar-refractivity contribution in [1.29, 1.82) is 0 Å². The molecule has 0 unspecified atom stereocenters. The van der Waals surface area contributed by atoms with Crippen LogP contribution in [0.3, 0.4) is 0 Å². The van der Waals surface area contributed by atoms with Crippen LogP contribution in [0.4, 0.5) is 0 Å². The van der Waals surface area contributed by atoms with E-state index in [-0.39, 0.29) is 28.2 Å². The first-order chi connectivity index (χ1) is 14.4. The molecule has 31 heavy (non-hydrogen) atoms. The highest BCUT2D eigenvalue weighted by atomic mass is 16.7. The van der Waals surface area contributed by atoms with Crippen molar-refractivity contribution in [3.8, 4) is 0 Å². The zero-order valence-electron chi connectivity index (χ0n) is 17.6. The van der Waals surface area contributed by atoms with E-state index in [4.69, 9.17) is 18.9 Å². The van der Waals surface area contributed by atoms with E-state index < -0.39 is 35.5 Å². The lowest BCUT2D eigenvalue weighted by Crippen LogP contribution is -2.63. The summed E-state index contributed by atoms with van der Waals surface area (Å²) in [6.07, 6.45) is 0. The SMILES string of the molecule is CC1(C)OC(=O)C(=C2NCC3(CN2)CNC(=C2C(=O)OC(C)(C)OC2=O)NC3)C(=O)O1. The van der Waals surface area contributed by atoms with E-state index >= 15 is 0 Å². The number of hydrogen-bond donors (Lipinski definition) is 4. The predicted octanol–water partition coefficient (Wildman–Crippen LogP) is -1.55. The second-order valence-electron chi connectivity index (χ2n) is 8.77. The molecular weight excluding hydrogens is 412 g/mol. The number of nitrogens with one attached hydrogen (secondary N) is 4. The van der Waals surface area contributed by atoms with Gasteiger partial charge in [-0.1, -0.05) is 0 Å². The molecule has 1 spiro atoms. The quantitative estimate of drug-likeness (QED) is 0.198. The molecule has 0 amide bonds. The zero-order valence-corrected chi connectivity index (χ0v) is 17.6. The van der Waals surface area contributed by atoms with E-state index in [1.807, 2.05) is 0 Å². The molecule has 4 N–H and O–H groups in total. The lowest BCUT2D eigenvalue weighted by Gasteiger charge is -2.44. The number of hydrogen-bond acceptors (Lipinski definition) is 12. The highest BCUT2D eigenvalue weighted by molar-refractivity contribution is 6.16. The molecule has 0 radical (unpaired) electrons. The summed E-state index contributed by atoms with van der Waals surface area (Å²) in [5, 5.41) is 12.2. The van der Waals surface area contributed by atoms with Gasteiger partial charge in [0, 0.05) is 59.3 Å². The maximum atomic E-state index is 12.2. The van der Waals surface area contributed by atoms with Crippen molar-refractivity contribution in [2.45, 2.75) is 39.3 Å². The van der Waals surface area contributed by atoms with Gasteiger partial charge in [-0.25, -0.2) is 19.2 Å². The molecule has 0 saturated carbocycles. The third-order valence-electron chi connectivity index (χ3n) is 5.23. The molecule has 4 fully saturated rings. The molecule has 0 aliphatic carbocycles. The fraction of sp³-hybridized carbons (Fsp3) is 0.579. The molecule has 0 aromatic rings. The highest BCUT2D eigenvalue weighted by Crippen LogP contribution is 2.28. The average Bonchev–Trinajstić information content (AvgIpc) is 2.62. The maximum absolute atomic E-state index is 12.2. The van der Waals surface area contributed by atoms with Gasteiger partial charge in [0.05, 0.1) is 0 Å². The molecule has 12 nitrogen and oxygen atoms in total. The van der Waals surface area contributed by atoms with E-state index in [1.54, 1.807) is 0 Å². The first-order valence-electron chi connectivity index (χ1n) is 9.78. The fourth-order valence-electron chi connectivity index (χ4n) is 3.67. The van der Waals surface area contributed by atoms with E-state index in [2.05, 4.69) is 21.3 Å². The third kappa shape index (κ3) is 3.84. The Balaban J connectivity index is 1.44. The number of carbonyl (C=O) groups excluding carboxylic acids is 4. The van der Waals surface area contributed by atoms with Crippen LogP contribution in [0.5, 0.6) is 0 Å². The minimum atomic E-state index is -1.31. The number of carbonyl (C=O) groups is 4. The molecular formula is C19H24N4O8. The molecule has 4 saturated heterocycles. The Kier molecular flexibility index (Phi) is 4.56. The van der Waals surface area contributed by atoms with Gasteiger partial charge in [0.15, 0.2) is 11.1 Å². The molecule has 0 aromatic carbocycles. The molecule has 0 aromatic heterocycles. The lowest BCUT2D eigenvalue weighted by atomic mass is 9.84. The molecule has 4 aliphatic heterocycles. The van der Waals surface area contributed by atoms with Gasteiger partial charge in [0.1, 0.15) is 11.6 Å². The normalized spacial score (nSPS) is 29.5. The summed E-state index contributed by atoms with van der Waals surface area (Å²) in [5.41, 5.74) is -0.814. The van der Waals surface area contributed by atoms with E-state index in [9.17, 15) is 19.2 Å². The van der Waals surface area contributed by atoms with Crippen LogP contribution in [0.15, 0.2) is 22.8 Å². The van der Waals surface area contributed by atoms with Crippen LogP contribution in [0.1, 0.15) is 27.7 Å². The standard InChI is InChI=1S/C19H24N4O8/c1-17(2)28-13(24)9(14(25)29-17)11-20-5-19(6-21-11)7-22-12(23-8-19)10-15(26)30-18(3,4)31-16(10)27/h20-23H,5-8H2,1-4H3. The summed E-state index contributed by atoms with van der Waals surface area (Å²) < 4.78 is 20.5. The summed E-state index contributed by atoms with van der Waals surface area (Å²) in [5.74, 6) is -5.22. The minimum absolute atomic E-state index is 0.218. The van der Waals surface area contributed by atoms with Gasteiger partial charge < -0.3 is 40.2 Å². The average molecular weight is 436 g/mol. The lowest BCUT2D eigenvalue weighted by molar-refractivity contribution is -0.224. The van der Waals surface area contributed by atoms with Crippen LogP contribution in [0, 0.1) is 5.41 Å². The van der Waals surface area contributed by atoms with Gasteiger partial charge in [0.25, 0.3) is 11.6 Å². The summed E-state index contributed by atoms with van der Waals surface area (Å²) >= 11 is 0. The zero-order chi connectivity index (χ0) is 22.6. The van der Waals surface area contributed by atoms with Gasteiger partial charge in [-0.3, -0.25) is 0 Å². The summed E-state index contributed by atoms with van der Waals surface area (Å²) in [6.45, 7) is 7.49. The molecule has 4 rings (SSSR count). The van der Waals surface area contributed by atoms with Crippen LogP contribution in [-0.4, -0.2) is 61.6 Å². The van der Waals surface area contributed by atoms with E-state index in [1.165, 1.54) is 27.7 Å². The van der Waals surface area contributed by atoms with Crippen LogP contribution in [0.25, 0.3) is 0 Å². The molecule has 4 heterocycles. The van der Waals surface area contributed by atoms with Crippen molar-refractivity contribution in [3.63, 3.8) is 0 Å². The third-order valence-corrected chi connectivity index (χ3v) is 5.23. The largest absolute Gasteiger partial charge is 0.419 e. The van der Waals surface area contributed by atoms with Gasteiger partial charge in [-0.05, 0) is 0 Å². The summed E-state index contributed by atoms with van der Waals surface area (Å²) in [7, 11) is 0. The first kappa shape index (κ1) is 20.8. The van der Waals surface area contributed by atoms with Crippen molar-refractivity contribution < 1.29 is 38.1 Å². The number of rotatable bonds is 0. The molecule has 4 aliphatic rings. The molecule has 12 heteroatoms. The van der Waals surface area contributed by atoms with Crippen molar-refractivity contribution in [2.24, 2.45) is 5.41 Å². The topological polar surface area (TPSA) is 153 Å². The molecule has 0 bridgehead atoms. The predicted molar refractivity (Wildman–Crippen MR) is 101 cm³/mol. The maximum Gasteiger partial charge on any atom is 0.352 e. The first-order valence-corrected chi connectivity index (χ1v) is 9.78. The van der Waals surface area contributed by atoms with Crippen LogP contribution in [0.2, 0.25) is 0 Å². The molecule has 0 atom stereocenters. The van der Waals surface area contributed by atoms with Gasteiger partial charge in [-0.2, -0.15) is 0 Å². The van der Waals surface area contributed by atoms with Crippen molar-refractivity contribution >= 4 is 23.9 Å². The fourth-order valence-corrected chi connectivity index (χ4v) is 3.67. The highest BCUT2D eigenvalue weighted by Gasteiger charge is 2.46. The Hall–Kier alpha value is -3.44. The van der Waals surface area contributed by atoms with Crippen molar-refractivity contribution in [1.82, 2.24) is 21.3 Å². The number of cyclic esters (lactones) is 4. The van der Waals surface area contributed by atoms with E-state index in [0.29, 0.717) is 26.2 Å². The second kappa shape index (κ2) is 6.79. The Labute approximate surface area is 177 Å². The smallest absolute Gasteiger partial charge is 0.352 e. The Bertz CT molecular complexity index is 805. The Morgan fingerprint density at radius 2 is 0.806 bits per heavy atom. The van der Waals surface area contributed by atoms with E-state index in [0.717, 1.165) is 0 Å². The Morgan fingerprint density at radius 3 is 1.06 bits per heavy atom. The summed E-state index contributed by atoms with van der Waals surface area (Å²) in [4.78, 5) is 48.9. The minimum Gasteiger partial charge on any atom is -0.419 e. The number of ether oxygens (including phenoxy) is 4. The number of esters is 4. The van der Waals surface area contributed by atoms with Crippen molar-refractivity contribution in [2.75, 3.05) is 26.2 Å². The summed E-state index contributed by atoms with van der Waals surface area (Å²) in [6, 6.07) is 0. The van der Waals surface area contributed by atoms with Gasteiger partial charge >= 0.3 is 23.9 Å². The van der Waals surface area contributed by atoms with Crippen molar-refractivity contribution in [3.05, 3.63) is 22.8 Å². The Morgan fingerprint density at radius 1 is 0.548 bits per heavy atom. The second-order valence-corrected chi connectivity index (χ2v) is 8.77. The van der Waals surface area contributed by atoms with Crippen LogP contribution in [-0.2, 0) is 38.1 Å². The van der Waals surface area contributed by atoms with Crippen LogP contribution < -0.4 is 21.3 Å².